The fourth-order valence-corrected chi connectivity index (χ4v) is 2.63. The summed E-state index contributed by atoms with van der Waals surface area (Å²) >= 11 is 0. The maximum atomic E-state index is 12.7. The summed E-state index contributed by atoms with van der Waals surface area (Å²) in [6, 6.07) is 7.84. The molecule has 0 unspecified atom stereocenters. The normalized spacial score (nSPS) is 13.3. The molecule has 1 amide bonds. The number of carboxylic acid groups (broad SMARTS) is 1. The van der Waals surface area contributed by atoms with Crippen LogP contribution in [0, 0.1) is 0 Å². The van der Waals surface area contributed by atoms with Crippen LogP contribution in [0.5, 0.6) is 0 Å². The van der Waals surface area contributed by atoms with Crippen molar-refractivity contribution in [1.29, 1.82) is 0 Å². The van der Waals surface area contributed by atoms with Crippen LogP contribution in [-0.2, 0) is 19.6 Å². The van der Waals surface area contributed by atoms with Gasteiger partial charge in [0.25, 0.3) is 5.91 Å². The first-order valence-corrected chi connectivity index (χ1v) is 6.77. The third-order valence-corrected chi connectivity index (χ3v) is 3.70. The van der Waals surface area contributed by atoms with Crippen molar-refractivity contribution in [3.8, 4) is 0 Å². The smallest absolute Gasteiger partial charge is 0.339 e. The van der Waals surface area contributed by atoms with Crippen molar-refractivity contribution in [3.05, 3.63) is 52.8 Å². The molecule has 0 radical (unpaired) electrons. The lowest BCUT2D eigenvalue weighted by Crippen LogP contribution is -2.29. The van der Waals surface area contributed by atoms with Crippen LogP contribution in [0.25, 0.3) is 0 Å². The Morgan fingerprint density at radius 2 is 1.86 bits per heavy atom. The molecule has 0 aliphatic carbocycles. The van der Waals surface area contributed by atoms with E-state index in [1.165, 1.54) is 10.9 Å². The zero-order valence-electron chi connectivity index (χ0n) is 11.6. The number of carbonyl (C=O) groups is 2. The van der Waals surface area contributed by atoms with E-state index in [4.69, 9.17) is 0 Å². The van der Waals surface area contributed by atoms with Crippen molar-refractivity contribution in [1.82, 2.24) is 14.7 Å². The Labute approximate surface area is 121 Å². The lowest BCUT2D eigenvalue weighted by Gasteiger charge is -2.16. The van der Waals surface area contributed by atoms with Gasteiger partial charge in [-0.1, -0.05) is 24.3 Å². The molecule has 1 aliphatic rings. The Kier molecular flexibility index (Phi) is 3.21. The summed E-state index contributed by atoms with van der Waals surface area (Å²) in [6.07, 6.45) is 1.24. The Hall–Kier alpha value is -2.63. The summed E-state index contributed by atoms with van der Waals surface area (Å²) in [5.41, 5.74) is 2.31. The number of aromatic nitrogens is 2. The molecule has 3 rings (SSSR count). The minimum atomic E-state index is -1.13. The molecule has 0 saturated heterocycles. The van der Waals surface area contributed by atoms with Gasteiger partial charge in [-0.2, -0.15) is 5.10 Å². The molecule has 0 bridgehead atoms. The number of rotatable bonds is 3. The second kappa shape index (κ2) is 5.05. The van der Waals surface area contributed by atoms with Crippen molar-refractivity contribution < 1.29 is 14.7 Å². The van der Waals surface area contributed by atoms with Crippen molar-refractivity contribution >= 4 is 11.9 Å². The number of hydrogen-bond donors (Lipinski definition) is 1. The third-order valence-electron chi connectivity index (χ3n) is 3.70. The molecule has 2 heterocycles. The van der Waals surface area contributed by atoms with Gasteiger partial charge in [0.1, 0.15) is 11.3 Å². The van der Waals surface area contributed by atoms with E-state index < -0.39 is 5.97 Å². The minimum Gasteiger partial charge on any atom is -0.478 e. The molecule has 0 spiro atoms. The molecule has 6 heteroatoms. The molecule has 2 aromatic rings. The van der Waals surface area contributed by atoms with Crippen molar-refractivity contribution in [2.75, 3.05) is 0 Å². The first-order chi connectivity index (χ1) is 10.1. The van der Waals surface area contributed by atoms with Crippen LogP contribution in [-0.4, -0.2) is 31.7 Å². The maximum Gasteiger partial charge on any atom is 0.339 e. The summed E-state index contributed by atoms with van der Waals surface area (Å²) < 4.78 is 1.44. The van der Waals surface area contributed by atoms with Gasteiger partial charge in [0.15, 0.2) is 0 Å². The van der Waals surface area contributed by atoms with E-state index in [9.17, 15) is 14.7 Å². The minimum absolute atomic E-state index is 0.0437. The topological polar surface area (TPSA) is 75.4 Å². The average molecular weight is 285 g/mol. The highest BCUT2D eigenvalue weighted by Crippen LogP contribution is 2.25. The Balaban J connectivity index is 1.94. The number of carbonyl (C=O) groups excluding carboxylic acids is 1. The second-order valence-corrected chi connectivity index (χ2v) is 4.96. The van der Waals surface area contributed by atoms with Gasteiger partial charge in [-0.05, 0) is 18.1 Å². The van der Waals surface area contributed by atoms with E-state index in [1.807, 2.05) is 31.2 Å². The van der Waals surface area contributed by atoms with Crippen LogP contribution >= 0.6 is 0 Å². The third kappa shape index (κ3) is 2.18. The van der Waals surface area contributed by atoms with Gasteiger partial charge in [-0.3, -0.25) is 9.48 Å². The monoisotopic (exact) mass is 285 g/mol. The van der Waals surface area contributed by atoms with Crippen LogP contribution in [0.4, 0.5) is 0 Å². The lowest BCUT2D eigenvalue weighted by molar-refractivity contribution is 0.0670. The van der Waals surface area contributed by atoms with E-state index in [0.29, 0.717) is 19.6 Å². The summed E-state index contributed by atoms with van der Waals surface area (Å²) in [6.45, 7) is 3.29. The number of amides is 1. The Morgan fingerprint density at radius 1 is 1.24 bits per heavy atom. The Bertz CT molecular complexity index is 696. The van der Waals surface area contributed by atoms with Crippen LogP contribution in [0.2, 0.25) is 0 Å². The van der Waals surface area contributed by atoms with Crippen molar-refractivity contribution in [2.24, 2.45) is 0 Å². The summed E-state index contributed by atoms with van der Waals surface area (Å²) in [5, 5.41) is 13.2. The molecule has 21 heavy (non-hydrogen) atoms. The van der Waals surface area contributed by atoms with E-state index in [0.717, 1.165) is 11.1 Å². The van der Waals surface area contributed by atoms with Crippen LogP contribution in [0.15, 0.2) is 30.5 Å². The standard InChI is InChI=1S/C15H15N3O3/c1-2-18-13(12(7-16-18)15(20)21)14(19)17-8-10-5-3-4-6-11(10)9-17/h3-7H,2,8-9H2,1H3,(H,20,21). The summed E-state index contributed by atoms with van der Waals surface area (Å²) in [4.78, 5) is 25.6. The molecular formula is C15H15N3O3. The highest BCUT2D eigenvalue weighted by Gasteiger charge is 2.30. The van der Waals surface area contributed by atoms with Crippen LogP contribution in [0.3, 0.4) is 0 Å². The molecule has 1 aromatic heterocycles. The number of aromatic carboxylic acids is 1. The van der Waals surface area contributed by atoms with Gasteiger partial charge in [0.2, 0.25) is 0 Å². The van der Waals surface area contributed by atoms with Crippen LogP contribution < -0.4 is 0 Å². The maximum absolute atomic E-state index is 12.7. The molecule has 0 saturated carbocycles. The lowest BCUT2D eigenvalue weighted by atomic mass is 10.1. The molecule has 108 valence electrons. The zero-order chi connectivity index (χ0) is 15.0. The number of hydrogen-bond acceptors (Lipinski definition) is 3. The van der Waals surface area contributed by atoms with Crippen LogP contribution in [0.1, 0.15) is 38.9 Å². The zero-order valence-corrected chi connectivity index (χ0v) is 11.6. The first kappa shape index (κ1) is 13.4. The quantitative estimate of drug-likeness (QED) is 0.932. The SMILES string of the molecule is CCn1ncc(C(=O)O)c1C(=O)N1Cc2ccccc2C1. The molecule has 0 atom stereocenters. The van der Waals surface area contributed by atoms with Gasteiger partial charge in [0.05, 0.1) is 6.20 Å². The van der Waals surface area contributed by atoms with Gasteiger partial charge < -0.3 is 10.0 Å². The predicted molar refractivity (Wildman–Crippen MR) is 74.9 cm³/mol. The highest BCUT2D eigenvalue weighted by molar-refractivity contribution is 6.03. The van der Waals surface area contributed by atoms with Gasteiger partial charge in [-0.15, -0.1) is 0 Å². The molecule has 1 aliphatic heterocycles. The van der Waals surface area contributed by atoms with Crippen molar-refractivity contribution in [3.63, 3.8) is 0 Å². The van der Waals surface area contributed by atoms with Gasteiger partial charge in [-0.25, -0.2) is 4.79 Å². The predicted octanol–water partition coefficient (Wildman–Crippen LogP) is 1.76. The summed E-state index contributed by atoms with van der Waals surface area (Å²) in [5.74, 6) is -1.42. The van der Waals surface area contributed by atoms with Gasteiger partial charge >= 0.3 is 5.97 Å². The fraction of sp³-hybridized carbons (Fsp3) is 0.267. The number of carboxylic acids is 1. The molecular weight excluding hydrogens is 270 g/mol. The Morgan fingerprint density at radius 3 is 2.38 bits per heavy atom. The number of fused-ring (bicyclic) bond motifs is 1. The van der Waals surface area contributed by atoms with Gasteiger partial charge in [0, 0.05) is 19.6 Å². The number of benzene rings is 1. The second-order valence-electron chi connectivity index (χ2n) is 4.96. The molecule has 1 N–H and O–H groups in total. The highest BCUT2D eigenvalue weighted by atomic mass is 16.4. The number of aryl methyl sites for hydroxylation is 1. The molecule has 6 nitrogen and oxygen atoms in total. The number of nitrogens with zero attached hydrogens (tertiary/aromatic N) is 3. The molecule has 0 fully saturated rings. The fourth-order valence-electron chi connectivity index (χ4n) is 2.63. The average Bonchev–Trinajstić information content (AvgIpc) is 3.09. The largest absolute Gasteiger partial charge is 0.478 e. The summed E-state index contributed by atoms with van der Waals surface area (Å²) in [7, 11) is 0. The molecule has 1 aromatic carbocycles. The van der Waals surface area contributed by atoms with Crippen molar-refractivity contribution in [2.45, 2.75) is 26.6 Å². The van der Waals surface area contributed by atoms with E-state index >= 15 is 0 Å². The van der Waals surface area contributed by atoms with E-state index in [-0.39, 0.29) is 17.2 Å². The van der Waals surface area contributed by atoms with E-state index in [2.05, 4.69) is 5.10 Å². The van der Waals surface area contributed by atoms with E-state index in [1.54, 1.807) is 4.90 Å². The first-order valence-electron chi connectivity index (χ1n) is 6.77.